The van der Waals surface area contributed by atoms with Crippen molar-refractivity contribution in [3.05, 3.63) is 29.8 Å². The molecular formula is C17H25N2O. The van der Waals surface area contributed by atoms with Crippen molar-refractivity contribution in [1.29, 1.82) is 0 Å². The predicted molar refractivity (Wildman–Crippen MR) is 80.9 cm³/mol. The monoisotopic (exact) mass is 273 g/mol. The minimum Gasteiger partial charge on any atom is -0.382 e. The van der Waals surface area contributed by atoms with Gasteiger partial charge in [-0.05, 0) is 24.5 Å². The van der Waals surface area contributed by atoms with E-state index in [-0.39, 0.29) is 6.04 Å². The summed E-state index contributed by atoms with van der Waals surface area (Å²) < 4.78 is 0. The van der Waals surface area contributed by atoms with Gasteiger partial charge in [-0.15, -0.1) is 10.3 Å². The van der Waals surface area contributed by atoms with Crippen LogP contribution >= 0.6 is 0 Å². The van der Waals surface area contributed by atoms with Gasteiger partial charge >= 0.3 is 0 Å². The van der Waals surface area contributed by atoms with E-state index in [1.165, 1.54) is 48.4 Å². The van der Waals surface area contributed by atoms with Crippen LogP contribution < -0.4 is 5.32 Å². The number of unbranched alkanes of at least 4 members (excludes halogenated alkanes) is 3. The Balaban J connectivity index is 1.74. The molecule has 3 nitrogen and oxygen atoms in total. The Morgan fingerprint density at radius 1 is 1.25 bits per heavy atom. The van der Waals surface area contributed by atoms with Crippen LogP contribution in [-0.2, 0) is 5.21 Å². The Bertz CT molecular complexity index is 448. The van der Waals surface area contributed by atoms with E-state index in [9.17, 15) is 5.21 Å². The van der Waals surface area contributed by atoms with E-state index in [0.29, 0.717) is 18.5 Å². The van der Waals surface area contributed by atoms with Crippen LogP contribution in [0.3, 0.4) is 0 Å². The maximum Gasteiger partial charge on any atom is 0.0701 e. The molecule has 3 heteroatoms. The molecule has 3 atom stereocenters. The highest BCUT2D eigenvalue weighted by molar-refractivity contribution is 5.56. The maximum atomic E-state index is 12.2. The second-order valence-corrected chi connectivity index (χ2v) is 6.23. The van der Waals surface area contributed by atoms with Crippen molar-refractivity contribution in [3.8, 4) is 0 Å². The molecule has 2 heterocycles. The van der Waals surface area contributed by atoms with Crippen LogP contribution in [-0.4, -0.2) is 17.6 Å². The van der Waals surface area contributed by atoms with Crippen LogP contribution in [0, 0.1) is 5.92 Å². The van der Waals surface area contributed by atoms with Gasteiger partial charge in [-0.3, -0.25) is 0 Å². The average molecular weight is 273 g/mol. The average Bonchev–Trinajstić information content (AvgIpc) is 2.86. The minimum atomic E-state index is 0.0867. The topological polar surface area (TPSA) is 35.2 Å². The molecule has 0 spiro atoms. The summed E-state index contributed by atoms with van der Waals surface area (Å²) >= 11 is 0. The molecule has 2 aliphatic rings. The van der Waals surface area contributed by atoms with Gasteiger partial charge in [0, 0.05) is 24.2 Å². The lowest BCUT2D eigenvalue weighted by Gasteiger charge is -2.37. The van der Waals surface area contributed by atoms with Crippen molar-refractivity contribution >= 4 is 5.69 Å². The van der Waals surface area contributed by atoms with E-state index >= 15 is 0 Å². The lowest BCUT2D eigenvalue weighted by Crippen LogP contribution is -2.38. The molecule has 1 aromatic rings. The van der Waals surface area contributed by atoms with E-state index in [1.54, 1.807) is 0 Å². The fourth-order valence-electron chi connectivity index (χ4n) is 3.86. The first-order chi connectivity index (χ1) is 9.81. The molecule has 0 aromatic heterocycles. The number of para-hydroxylation sites is 1. The molecule has 0 aliphatic carbocycles. The predicted octanol–water partition coefficient (Wildman–Crippen LogP) is 4.16. The second kappa shape index (κ2) is 6.15. The zero-order chi connectivity index (χ0) is 13.9. The lowest BCUT2D eigenvalue weighted by atomic mass is 9.81. The molecule has 109 valence electrons. The largest absolute Gasteiger partial charge is 0.382 e. The Labute approximate surface area is 121 Å². The first-order valence-corrected chi connectivity index (χ1v) is 8.10. The normalized spacial score (nSPS) is 28.8. The highest BCUT2D eigenvalue weighted by atomic mass is 16.5. The maximum absolute atomic E-state index is 12.2. The van der Waals surface area contributed by atoms with E-state index in [0.717, 1.165) is 6.42 Å². The number of fused-ring (bicyclic) bond motifs is 3. The summed E-state index contributed by atoms with van der Waals surface area (Å²) in [6.07, 6.45) is 7.42. The molecule has 1 radical (unpaired) electrons. The molecule has 1 saturated heterocycles. The number of hydrogen-bond acceptors (Lipinski definition) is 2. The van der Waals surface area contributed by atoms with E-state index in [2.05, 4.69) is 30.4 Å². The molecule has 3 rings (SSSR count). The summed E-state index contributed by atoms with van der Waals surface area (Å²) in [5, 5.41) is 17.2. The first-order valence-electron chi connectivity index (χ1n) is 8.10. The van der Waals surface area contributed by atoms with Crippen LogP contribution in [0.2, 0.25) is 0 Å². The van der Waals surface area contributed by atoms with Gasteiger partial charge in [-0.1, -0.05) is 50.8 Å². The third kappa shape index (κ3) is 2.57. The van der Waals surface area contributed by atoms with Gasteiger partial charge in [0.1, 0.15) is 0 Å². The highest BCUT2D eigenvalue weighted by Gasteiger charge is 2.43. The minimum absolute atomic E-state index is 0.0867. The number of rotatable bonds is 5. The standard InChI is InChI=1S/C17H25N2O/c1-2-3-4-5-9-16-14-11-12-19(20)17(14)13-8-6-7-10-15(13)18-16/h6-8,10,14,16-18H,2-5,9,11-12H2,1H3/t14-,16+,17+/m0/s1. The third-order valence-corrected chi connectivity index (χ3v) is 4.90. The van der Waals surface area contributed by atoms with Crippen molar-refractivity contribution < 1.29 is 5.21 Å². The van der Waals surface area contributed by atoms with E-state index in [1.807, 2.05) is 6.07 Å². The van der Waals surface area contributed by atoms with Gasteiger partial charge in [-0.25, -0.2) is 0 Å². The SMILES string of the molecule is CCCCCC[C@H]1Nc2ccccc2[C@@H]2[C@H]1CCN2[O]. The Morgan fingerprint density at radius 2 is 2.10 bits per heavy atom. The summed E-state index contributed by atoms with van der Waals surface area (Å²) in [5.74, 6) is 0.490. The van der Waals surface area contributed by atoms with Gasteiger partial charge in [0.25, 0.3) is 0 Å². The number of hydrogen-bond donors (Lipinski definition) is 1. The first kappa shape index (κ1) is 13.9. The number of anilines is 1. The lowest BCUT2D eigenvalue weighted by molar-refractivity contribution is -0.174. The number of benzene rings is 1. The molecule has 1 N–H and O–H groups in total. The Hall–Kier alpha value is -1.06. The molecule has 1 aromatic carbocycles. The van der Waals surface area contributed by atoms with Gasteiger partial charge < -0.3 is 5.32 Å². The fourth-order valence-corrected chi connectivity index (χ4v) is 3.86. The Morgan fingerprint density at radius 3 is 2.95 bits per heavy atom. The molecule has 0 unspecified atom stereocenters. The molecule has 1 fully saturated rings. The van der Waals surface area contributed by atoms with Crippen LogP contribution in [0.4, 0.5) is 5.69 Å². The van der Waals surface area contributed by atoms with Gasteiger partial charge in [0.05, 0.1) is 6.04 Å². The van der Waals surface area contributed by atoms with Crippen LogP contribution in [0.1, 0.15) is 57.1 Å². The second-order valence-electron chi connectivity index (χ2n) is 6.23. The van der Waals surface area contributed by atoms with Gasteiger partial charge in [0.15, 0.2) is 0 Å². The number of hydroxylamine groups is 2. The molecule has 0 bridgehead atoms. The van der Waals surface area contributed by atoms with Crippen molar-refractivity contribution in [3.63, 3.8) is 0 Å². The van der Waals surface area contributed by atoms with Crippen LogP contribution in [0.25, 0.3) is 0 Å². The smallest absolute Gasteiger partial charge is 0.0701 e. The molecular weight excluding hydrogens is 248 g/mol. The van der Waals surface area contributed by atoms with Crippen molar-refractivity contribution in [2.24, 2.45) is 5.92 Å². The van der Waals surface area contributed by atoms with Gasteiger partial charge in [0.2, 0.25) is 0 Å². The third-order valence-electron chi connectivity index (χ3n) is 4.90. The van der Waals surface area contributed by atoms with Crippen molar-refractivity contribution in [1.82, 2.24) is 5.06 Å². The van der Waals surface area contributed by atoms with E-state index < -0.39 is 0 Å². The number of nitrogens with one attached hydrogen (secondary N) is 1. The summed E-state index contributed by atoms with van der Waals surface area (Å²) in [5.41, 5.74) is 2.38. The molecule has 20 heavy (non-hydrogen) atoms. The Kier molecular flexibility index (Phi) is 4.27. The number of nitrogens with zero attached hydrogens (tertiary/aromatic N) is 1. The summed E-state index contributed by atoms with van der Waals surface area (Å²) in [6, 6.07) is 8.91. The summed E-state index contributed by atoms with van der Waals surface area (Å²) in [6.45, 7) is 2.94. The molecule has 2 aliphatic heterocycles. The van der Waals surface area contributed by atoms with Crippen LogP contribution in [0.5, 0.6) is 0 Å². The van der Waals surface area contributed by atoms with E-state index in [4.69, 9.17) is 0 Å². The summed E-state index contributed by atoms with van der Waals surface area (Å²) in [4.78, 5) is 0. The zero-order valence-corrected chi connectivity index (χ0v) is 12.3. The molecule has 0 amide bonds. The highest BCUT2D eigenvalue weighted by Crippen LogP contribution is 2.46. The fraction of sp³-hybridized carbons (Fsp3) is 0.647. The zero-order valence-electron chi connectivity index (χ0n) is 12.3. The van der Waals surface area contributed by atoms with Crippen molar-refractivity contribution in [2.75, 3.05) is 11.9 Å². The summed E-state index contributed by atoms with van der Waals surface area (Å²) in [7, 11) is 0. The molecule has 0 saturated carbocycles. The quantitative estimate of drug-likeness (QED) is 0.818. The van der Waals surface area contributed by atoms with Crippen molar-refractivity contribution in [2.45, 2.75) is 57.5 Å². The van der Waals surface area contributed by atoms with Gasteiger partial charge in [-0.2, -0.15) is 0 Å². The van der Waals surface area contributed by atoms with Crippen LogP contribution in [0.15, 0.2) is 24.3 Å².